The van der Waals surface area contributed by atoms with Gasteiger partial charge in [-0.15, -0.1) is 0 Å². The van der Waals surface area contributed by atoms with Gasteiger partial charge in [0.25, 0.3) is 0 Å². The Balaban J connectivity index is 1.55. The van der Waals surface area contributed by atoms with Crippen LogP contribution in [0.2, 0.25) is 0 Å². The second-order valence-corrected chi connectivity index (χ2v) is 8.94. The van der Waals surface area contributed by atoms with Crippen LogP contribution in [0.15, 0.2) is 0 Å². The highest BCUT2D eigenvalue weighted by molar-refractivity contribution is 4.82. The molecule has 0 nitrogen and oxygen atoms in total. The van der Waals surface area contributed by atoms with Gasteiger partial charge >= 0.3 is 6.18 Å². The number of alkyl halides is 3. The largest absolute Gasteiger partial charge is 0.389 e. The van der Waals surface area contributed by atoms with Crippen molar-refractivity contribution in [1.29, 1.82) is 0 Å². The molecule has 0 bridgehead atoms. The molecule has 2 aliphatic carbocycles. The van der Waals surface area contributed by atoms with Crippen LogP contribution in [0.1, 0.15) is 110 Å². The quantitative estimate of drug-likeness (QED) is 0.363. The molecule has 2 saturated carbocycles. The summed E-state index contributed by atoms with van der Waals surface area (Å²) >= 11 is 0. The van der Waals surface area contributed by atoms with Gasteiger partial charge in [-0.1, -0.05) is 64.7 Å². The number of rotatable bonds is 9. The lowest BCUT2D eigenvalue weighted by Crippen LogP contribution is -2.27. The van der Waals surface area contributed by atoms with Gasteiger partial charge in [0.15, 0.2) is 0 Å². The van der Waals surface area contributed by atoms with E-state index in [0.717, 1.165) is 43.4 Å². The first-order chi connectivity index (χ1) is 12.0. The molecule has 148 valence electrons. The Morgan fingerprint density at radius 2 is 1.12 bits per heavy atom. The van der Waals surface area contributed by atoms with E-state index < -0.39 is 12.6 Å². The monoisotopic (exact) mass is 360 g/mol. The fraction of sp³-hybridized carbons (Fsp3) is 1.00. The predicted octanol–water partition coefficient (Wildman–Crippen LogP) is 8.30. The molecular formula is C22H39F3. The van der Waals surface area contributed by atoms with Gasteiger partial charge in [0, 0.05) is 6.42 Å². The van der Waals surface area contributed by atoms with Crippen LogP contribution < -0.4 is 0 Å². The molecule has 0 aromatic carbocycles. The second-order valence-electron chi connectivity index (χ2n) is 8.94. The number of hydrogen-bond acceptors (Lipinski definition) is 0. The van der Waals surface area contributed by atoms with Crippen molar-refractivity contribution in [3.05, 3.63) is 0 Å². The van der Waals surface area contributed by atoms with Crippen LogP contribution in [0.25, 0.3) is 0 Å². The fourth-order valence-electron chi connectivity index (χ4n) is 5.35. The molecule has 2 aliphatic rings. The van der Waals surface area contributed by atoms with Crippen LogP contribution in [0.4, 0.5) is 13.2 Å². The van der Waals surface area contributed by atoms with E-state index in [1.54, 1.807) is 0 Å². The number of hydrogen-bond donors (Lipinski definition) is 0. The summed E-state index contributed by atoms with van der Waals surface area (Å²) in [5.41, 5.74) is 0. The predicted molar refractivity (Wildman–Crippen MR) is 99.6 cm³/mol. The molecule has 0 saturated heterocycles. The molecule has 0 radical (unpaired) electrons. The van der Waals surface area contributed by atoms with Crippen LogP contribution in [0.3, 0.4) is 0 Å². The lowest BCUT2D eigenvalue weighted by Gasteiger charge is -2.38. The van der Waals surface area contributed by atoms with Crippen molar-refractivity contribution in [1.82, 2.24) is 0 Å². The van der Waals surface area contributed by atoms with Crippen LogP contribution in [0, 0.1) is 23.7 Å². The maximum Gasteiger partial charge on any atom is 0.389 e. The first-order valence-electron chi connectivity index (χ1n) is 11.0. The highest BCUT2D eigenvalue weighted by Gasteiger charge is 2.36. The molecule has 0 amide bonds. The highest BCUT2D eigenvalue weighted by atomic mass is 19.4. The van der Waals surface area contributed by atoms with Gasteiger partial charge in [-0.05, 0) is 62.2 Å². The molecule has 2 fully saturated rings. The Bertz CT molecular complexity index is 334. The molecule has 0 aromatic heterocycles. The van der Waals surface area contributed by atoms with Gasteiger partial charge in [-0.2, -0.15) is 13.2 Å². The maximum atomic E-state index is 12.5. The Kier molecular flexibility index (Phi) is 9.13. The zero-order chi connectivity index (χ0) is 18.1. The third-order valence-corrected chi connectivity index (χ3v) is 6.94. The van der Waals surface area contributed by atoms with Gasteiger partial charge < -0.3 is 0 Å². The molecule has 3 heteroatoms. The average molecular weight is 361 g/mol. The van der Waals surface area contributed by atoms with E-state index in [0.29, 0.717) is 0 Å². The molecular weight excluding hydrogens is 321 g/mol. The molecule has 0 spiro atoms. The third-order valence-electron chi connectivity index (χ3n) is 6.94. The van der Waals surface area contributed by atoms with Crippen LogP contribution >= 0.6 is 0 Å². The first-order valence-corrected chi connectivity index (χ1v) is 11.0. The highest BCUT2D eigenvalue weighted by Crippen LogP contribution is 2.44. The summed E-state index contributed by atoms with van der Waals surface area (Å²) in [5.74, 6) is 2.37. The zero-order valence-corrected chi connectivity index (χ0v) is 16.3. The molecule has 0 atom stereocenters. The molecule has 2 rings (SSSR count). The summed E-state index contributed by atoms with van der Waals surface area (Å²) in [6.07, 6.45) is 14.4. The Hall–Kier alpha value is -0.210. The van der Waals surface area contributed by atoms with E-state index >= 15 is 0 Å². The maximum absolute atomic E-state index is 12.5. The lowest BCUT2D eigenvalue weighted by atomic mass is 9.68. The Morgan fingerprint density at radius 3 is 1.64 bits per heavy atom. The average Bonchev–Trinajstić information content (AvgIpc) is 2.58. The number of unbranched alkanes of at least 4 members (excludes halogenated alkanes) is 5. The van der Waals surface area contributed by atoms with Crippen molar-refractivity contribution >= 4 is 0 Å². The first kappa shape index (κ1) is 21.1. The van der Waals surface area contributed by atoms with Crippen molar-refractivity contribution in [3.63, 3.8) is 0 Å². The summed E-state index contributed by atoms with van der Waals surface area (Å²) in [5, 5.41) is 0. The summed E-state index contributed by atoms with van der Waals surface area (Å²) in [6.45, 7) is 2.27. The number of halogens is 3. The van der Waals surface area contributed by atoms with Gasteiger partial charge in [0.05, 0.1) is 0 Å². The minimum absolute atomic E-state index is 0.0969. The fourth-order valence-corrected chi connectivity index (χ4v) is 5.35. The summed E-state index contributed by atoms with van der Waals surface area (Å²) < 4.78 is 37.6. The topological polar surface area (TPSA) is 0 Å². The molecule has 0 heterocycles. The zero-order valence-electron chi connectivity index (χ0n) is 16.3. The van der Waals surface area contributed by atoms with Crippen molar-refractivity contribution in [2.24, 2.45) is 23.7 Å². The van der Waals surface area contributed by atoms with Crippen LogP contribution in [0.5, 0.6) is 0 Å². The normalized spacial score (nSPS) is 31.2. The minimum Gasteiger partial charge on any atom is -0.171 e. The van der Waals surface area contributed by atoms with Gasteiger partial charge in [0.1, 0.15) is 0 Å². The van der Waals surface area contributed by atoms with Crippen molar-refractivity contribution < 1.29 is 13.2 Å². The smallest absolute Gasteiger partial charge is 0.171 e. The molecule has 0 N–H and O–H groups in total. The van der Waals surface area contributed by atoms with E-state index in [1.807, 2.05) is 0 Å². The standard InChI is InChI=1S/C22H39F3/c1-2-3-4-5-6-7-8-18-9-13-20(14-10-18)21-15-11-19(12-16-21)17-22(23,24)25/h18-21H,2-17H2,1H3/t18-,19-,20-,21-. The van der Waals surface area contributed by atoms with Gasteiger partial charge in [-0.25, -0.2) is 0 Å². The Labute approximate surface area is 153 Å². The summed E-state index contributed by atoms with van der Waals surface area (Å²) in [6, 6.07) is 0. The second kappa shape index (κ2) is 10.8. The van der Waals surface area contributed by atoms with Crippen LogP contribution in [-0.2, 0) is 0 Å². The molecule has 25 heavy (non-hydrogen) atoms. The summed E-state index contributed by atoms with van der Waals surface area (Å²) in [4.78, 5) is 0. The SMILES string of the molecule is CCCCCCCC[C@H]1CC[C@H]([C@H]2CC[C@H](CC(F)(F)F)CC2)CC1. The lowest BCUT2D eigenvalue weighted by molar-refractivity contribution is -0.147. The Morgan fingerprint density at radius 1 is 0.640 bits per heavy atom. The molecule has 0 aromatic rings. The van der Waals surface area contributed by atoms with Gasteiger partial charge in [-0.3, -0.25) is 0 Å². The van der Waals surface area contributed by atoms with Crippen molar-refractivity contribution in [3.8, 4) is 0 Å². The molecule has 0 unspecified atom stereocenters. The van der Waals surface area contributed by atoms with E-state index in [9.17, 15) is 13.2 Å². The third kappa shape index (κ3) is 8.35. The van der Waals surface area contributed by atoms with Gasteiger partial charge in [0.2, 0.25) is 0 Å². The summed E-state index contributed by atoms with van der Waals surface area (Å²) in [7, 11) is 0. The van der Waals surface area contributed by atoms with E-state index in [1.165, 1.54) is 70.6 Å². The van der Waals surface area contributed by atoms with Crippen molar-refractivity contribution in [2.75, 3.05) is 0 Å². The van der Waals surface area contributed by atoms with E-state index in [2.05, 4.69) is 6.92 Å². The van der Waals surface area contributed by atoms with Crippen LogP contribution in [-0.4, -0.2) is 6.18 Å². The van der Waals surface area contributed by atoms with E-state index in [-0.39, 0.29) is 5.92 Å². The minimum atomic E-state index is -3.97. The van der Waals surface area contributed by atoms with Crippen molar-refractivity contribution in [2.45, 2.75) is 116 Å². The molecule has 0 aliphatic heterocycles. The van der Waals surface area contributed by atoms with E-state index in [4.69, 9.17) is 0 Å².